The first-order chi connectivity index (χ1) is 8.09. The maximum atomic E-state index is 11.7. The van der Waals surface area contributed by atoms with Crippen molar-refractivity contribution in [2.45, 2.75) is 13.0 Å². The zero-order valence-corrected chi connectivity index (χ0v) is 9.88. The molecule has 3 nitrogen and oxygen atoms in total. The molecular weight excluding hydrogens is 252 g/mol. The third kappa shape index (κ3) is 5.81. The Labute approximate surface area is 103 Å². The number of aromatic hydroxyl groups is 1. The van der Waals surface area contributed by atoms with Crippen molar-refractivity contribution in [3.05, 3.63) is 28.8 Å². The summed E-state index contributed by atoms with van der Waals surface area (Å²) in [6.07, 6.45) is -2.44. The summed E-state index contributed by atoms with van der Waals surface area (Å²) in [5.74, 6) is 0.149. The molecule has 0 saturated carbocycles. The van der Waals surface area contributed by atoms with E-state index in [0.29, 0.717) is 23.7 Å². The molecule has 0 fully saturated rings. The van der Waals surface area contributed by atoms with Gasteiger partial charge in [0.05, 0.1) is 6.61 Å². The number of nitrogens with one attached hydrogen (secondary N) is 1. The second-order valence-electron chi connectivity index (χ2n) is 3.42. The van der Waals surface area contributed by atoms with Gasteiger partial charge < -0.3 is 15.2 Å². The van der Waals surface area contributed by atoms with E-state index in [-0.39, 0.29) is 12.4 Å². The summed E-state index contributed by atoms with van der Waals surface area (Å²) in [5, 5.41) is 13.0. The fourth-order valence-corrected chi connectivity index (χ4v) is 1.43. The molecule has 0 aliphatic carbocycles. The number of alkyl halides is 2. The van der Waals surface area contributed by atoms with Gasteiger partial charge in [0, 0.05) is 23.7 Å². The van der Waals surface area contributed by atoms with Crippen LogP contribution in [0.4, 0.5) is 8.78 Å². The molecule has 0 radical (unpaired) electrons. The first kappa shape index (κ1) is 14.2. The normalized spacial score (nSPS) is 11.1. The molecule has 0 bridgehead atoms. The molecular formula is C11H14ClF2NO2. The van der Waals surface area contributed by atoms with Crippen LogP contribution < -0.4 is 5.32 Å². The van der Waals surface area contributed by atoms with Gasteiger partial charge in [-0.1, -0.05) is 11.6 Å². The zero-order valence-electron chi connectivity index (χ0n) is 9.13. The molecule has 2 N–H and O–H groups in total. The molecule has 0 spiro atoms. The Kier molecular flexibility index (Phi) is 6.18. The van der Waals surface area contributed by atoms with Gasteiger partial charge in [-0.3, -0.25) is 0 Å². The number of hydrogen-bond donors (Lipinski definition) is 2. The minimum atomic E-state index is -2.44. The highest BCUT2D eigenvalue weighted by Gasteiger charge is 2.03. The summed E-state index contributed by atoms with van der Waals surface area (Å²) in [5.41, 5.74) is 0.659. The number of ether oxygens (including phenoxy) is 1. The molecule has 96 valence electrons. The smallest absolute Gasteiger partial charge is 0.261 e. The Morgan fingerprint density at radius 3 is 2.88 bits per heavy atom. The Morgan fingerprint density at radius 2 is 2.18 bits per heavy atom. The molecule has 0 aliphatic heterocycles. The van der Waals surface area contributed by atoms with E-state index in [1.54, 1.807) is 12.1 Å². The first-order valence-corrected chi connectivity index (χ1v) is 5.51. The predicted octanol–water partition coefficient (Wildman–Crippen LogP) is 2.42. The zero-order chi connectivity index (χ0) is 12.7. The van der Waals surface area contributed by atoms with Crippen LogP contribution in [0.3, 0.4) is 0 Å². The summed E-state index contributed by atoms with van der Waals surface area (Å²) in [4.78, 5) is 0. The highest BCUT2D eigenvalue weighted by Crippen LogP contribution is 2.20. The Hall–Kier alpha value is -0.910. The van der Waals surface area contributed by atoms with Crippen molar-refractivity contribution < 1.29 is 18.6 Å². The lowest BCUT2D eigenvalue weighted by Gasteiger charge is -2.07. The third-order valence-electron chi connectivity index (χ3n) is 2.02. The second kappa shape index (κ2) is 7.42. The van der Waals surface area contributed by atoms with E-state index >= 15 is 0 Å². The average Bonchev–Trinajstić information content (AvgIpc) is 2.27. The molecule has 0 saturated heterocycles. The van der Waals surface area contributed by atoms with E-state index in [0.717, 1.165) is 0 Å². The lowest BCUT2D eigenvalue weighted by molar-refractivity contribution is 0.0187. The number of hydrogen-bond acceptors (Lipinski definition) is 3. The van der Waals surface area contributed by atoms with Gasteiger partial charge in [0.2, 0.25) is 0 Å². The van der Waals surface area contributed by atoms with Crippen LogP contribution in [0.1, 0.15) is 5.56 Å². The van der Waals surface area contributed by atoms with E-state index in [9.17, 15) is 13.9 Å². The number of phenols is 1. The lowest BCUT2D eigenvalue weighted by Crippen LogP contribution is -2.20. The molecule has 0 unspecified atom stereocenters. The van der Waals surface area contributed by atoms with Crippen LogP contribution in [0.25, 0.3) is 0 Å². The monoisotopic (exact) mass is 265 g/mol. The van der Waals surface area contributed by atoms with Gasteiger partial charge in [-0.25, -0.2) is 8.78 Å². The predicted molar refractivity (Wildman–Crippen MR) is 61.6 cm³/mol. The highest BCUT2D eigenvalue weighted by atomic mass is 35.5. The van der Waals surface area contributed by atoms with Crippen molar-refractivity contribution >= 4 is 11.6 Å². The second-order valence-corrected chi connectivity index (χ2v) is 3.85. The minimum Gasteiger partial charge on any atom is -0.508 e. The molecule has 1 aromatic carbocycles. The Morgan fingerprint density at radius 1 is 1.41 bits per heavy atom. The van der Waals surface area contributed by atoms with Gasteiger partial charge in [0.25, 0.3) is 6.43 Å². The molecule has 0 aliphatic rings. The fraction of sp³-hybridized carbons (Fsp3) is 0.455. The van der Waals surface area contributed by atoms with Crippen LogP contribution in [0.15, 0.2) is 18.2 Å². The van der Waals surface area contributed by atoms with Crippen molar-refractivity contribution in [1.29, 1.82) is 0 Å². The van der Waals surface area contributed by atoms with Crippen LogP contribution in [0.2, 0.25) is 5.02 Å². The number of rotatable bonds is 7. The number of halogens is 3. The summed E-state index contributed by atoms with van der Waals surface area (Å²) in [7, 11) is 0. The molecule has 17 heavy (non-hydrogen) atoms. The van der Waals surface area contributed by atoms with E-state index < -0.39 is 13.0 Å². The number of phenolic OH excluding ortho intramolecular Hbond substituents is 1. The molecule has 0 heterocycles. The van der Waals surface area contributed by atoms with Crippen LogP contribution in [-0.4, -0.2) is 31.3 Å². The van der Waals surface area contributed by atoms with Crippen molar-refractivity contribution in [3.8, 4) is 5.75 Å². The SMILES string of the molecule is Oc1ccc(Cl)cc1CNCCOCC(F)F. The topological polar surface area (TPSA) is 41.5 Å². The lowest BCUT2D eigenvalue weighted by atomic mass is 10.2. The molecule has 0 aromatic heterocycles. The summed E-state index contributed by atoms with van der Waals surface area (Å²) >= 11 is 5.77. The van der Waals surface area contributed by atoms with Gasteiger partial charge >= 0.3 is 0 Å². The van der Waals surface area contributed by atoms with Crippen LogP contribution in [0.5, 0.6) is 5.75 Å². The summed E-state index contributed by atoms with van der Waals surface area (Å²) < 4.78 is 28.1. The quantitative estimate of drug-likeness (QED) is 0.744. The maximum Gasteiger partial charge on any atom is 0.261 e. The highest BCUT2D eigenvalue weighted by molar-refractivity contribution is 6.30. The van der Waals surface area contributed by atoms with Gasteiger partial charge in [-0.2, -0.15) is 0 Å². The molecule has 0 atom stereocenters. The fourth-order valence-electron chi connectivity index (χ4n) is 1.24. The standard InChI is InChI=1S/C11H14ClF2NO2/c12-9-1-2-10(16)8(5-9)6-15-3-4-17-7-11(13)14/h1-2,5,11,15-16H,3-4,6-7H2. The van der Waals surface area contributed by atoms with Crippen LogP contribution in [0, 0.1) is 0 Å². The number of benzene rings is 1. The van der Waals surface area contributed by atoms with Gasteiger partial charge in [0.1, 0.15) is 12.4 Å². The molecule has 1 rings (SSSR count). The van der Waals surface area contributed by atoms with E-state index in [4.69, 9.17) is 11.6 Å². The van der Waals surface area contributed by atoms with Crippen LogP contribution >= 0.6 is 11.6 Å². The van der Waals surface area contributed by atoms with Gasteiger partial charge in [0.15, 0.2) is 0 Å². The van der Waals surface area contributed by atoms with E-state index in [2.05, 4.69) is 10.1 Å². The largest absolute Gasteiger partial charge is 0.508 e. The Bertz CT molecular complexity index is 350. The van der Waals surface area contributed by atoms with Crippen molar-refractivity contribution in [1.82, 2.24) is 5.32 Å². The van der Waals surface area contributed by atoms with Gasteiger partial charge in [-0.15, -0.1) is 0 Å². The third-order valence-corrected chi connectivity index (χ3v) is 2.26. The first-order valence-electron chi connectivity index (χ1n) is 5.13. The van der Waals surface area contributed by atoms with E-state index in [1.165, 1.54) is 6.07 Å². The molecule has 6 heteroatoms. The summed E-state index contributed by atoms with van der Waals surface area (Å²) in [6, 6.07) is 4.74. The van der Waals surface area contributed by atoms with Crippen LogP contribution in [-0.2, 0) is 11.3 Å². The van der Waals surface area contributed by atoms with Crippen molar-refractivity contribution in [3.63, 3.8) is 0 Å². The molecule has 0 amide bonds. The average molecular weight is 266 g/mol. The van der Waals surface area contributed by atoms with Gasteiger partial charge in [-0.05, 0) is 18.2 Å². The maximum absolute atomic E-state index is 11.7. The van der Waals surface area contributed by atoms with Crippen molar-refractivity contribution in [2.75, 3.05) is 19.8 Å². The molecule has 1 aromatic rings. The minimum absolute atomic E-state index is 0.149. The summed E-state index contributed by atoms with van der Waals surface area (Å²) in [6.45, 7) is 0.485. The Balaban J connectivity index is 2.20. The van der Waals surface area contributed by atoms with E-state index in [1.807, 2.05) is 0 Å². The van der Waals surface area contributed by atoms with Crippen molar-refractivity contribution in [2.24, 2.45) is 0 Å².